The molecule has 0 radical (unpaired) electrons. The normalized spacial score (nSPS) is 21.7. The molecule has 1 fully saturated rings. The minimum Gasteiger partial charge on any atom is -0.481 e. The summed E-state index contributed by atoms with van der Waals surface area (Å²) in [5.74, 6) is -0.684. The number of likely N-dealkylation sites (N-methyl/N-ethyl adjacent to an activating group) is 1. The summed E-state index contributed by atoms with van der Waals surface area (Å²) in [6.07, 6.45) is 4.14. The molecule has 1 aliphatic heterocycles. The number of rotatable bonds is 7. The molecule has 0 aliphatic carbocycles. The van der Waals surface area contributed by atoms with E-state index in [4.69, 9.17) is 5.11 Å². The maximum absolute atomic E-state index is 11.0. The zero-order chi connectivity index (χ0) is 13.8. The van der Waals surface area contributed by atoms with E-state index in [0.717, 1.165) is 32.4 Å². The second-order valence-electron chi connectivity index (χ2n) is 6.35. The third-order valence-corrected chi connectivity index (χ3v) is 4.08. The number of nitrogens with zero attached hydrogens (tertiary/aromatic N) is 2. The molecular formula is C14H28N2O2. The fourth-order valence-electron chi connectivity index (χ4n) is 2.45. The Kier molecular flexibility index (Phi) is 5.60. The zero-order valence-electron chi connectivity index (χ0n) is 12.3. The highest BCUT2D eigenvalue weighted by Crippen LogP contribution is 2.23. The molecule has 0 spiro atoms. The molecule has 0 saturated carbocycles. The van der Waals surface area contributed by atoms with Crippen molar-refractivity contribution in [1.82, 2.24) is 9.80 Å². The largest absolute Gasteiger partial charge is 0.481 e. The second-order valence-corrected chi connectivity index (χ2v) is 6.35. The summed E-state index contributed by atoms with van der Waals surface area (Å²) in [4.78, 5) is 15.8. The van der Waals surface area contributed by atoms with Crippen molar-refractivity contribution in [3.63, 3.8) is 0 Å². The number of carbonyl (C=O) groups is 1. The van der Waals surface area contributed by atoms with Crippen LogP contribution in [0.25, 0.3) is 0 Å². The Morgan fingerprint density at radius 3 is 2.56 bits per heavy atom. The average Bonchev–Trinajstić information content (AvgIpc) is 2.73. The van der Waals surface area contributed by atoms with Crippen LogP contribution < -0.4 is 0 Å². The number of carboxylic acid groups (broad SMARTS) is 1. The van der Waals surface area contributed by atoms with E-state index in [0.29, 0.717) is 6.04 Å². The number of likely N-dealkylation sites (tertiary alicyclic amines) is 1. The van der Waals surface area contributed by atoms with Gasteiger partial charge in [-0.25, -0.2) is 0 Å². The molecule has 0 amide bonds. The minimum atomic E-state index is -0.684. The molecule has 1 saturated heterocycles. The van der Waals surface area contributed by atoms with Crippen molar-refractivity contribution in [2.45, 2.75) is 45.6 Å². The van der Waals surface area contributed by atoms with Gasteiger partial charge in [0.1, 0.15) is 0 Å². The predicted octanol–water partition coefficient (Wildman–Crippen LogP) is 1.90. The van der Waals surface area contributed by atoms with Crippen LogP contribution in [0.15, 0.2) is 0 Å². The summed E-state index contributed by atoms with van der Waals surface area (Å²) in [6, 6.07) is 0.695. The van der Waals surface area contributed by atoms with Gasteiger partial charge in [-0.3, -0.25) is 4.79 Å². The maximum atomic E-state index is 11.0. The molecule has 18 heavy (non-hydrogen) atoms. The van der Waals surface area contributed by atoms with Gasteiger partial charge in [0.25, 0.3) is 0 Å². The molecule has 4 heteroatoms. The van der Waals surface area contributed by atoms with Crippen molar-refractivity contribution in [3.05, 3.63) is 0 Å². The molecule has 1 atom stereocenters. The first-order chi connectivity index (χ1) is 8.33. The van der Waals surface area contributed by atoms with Crippen LogP contribution >= 0.6 is 0 Å². The van der Waals surface area contributed by atoms with Gasteiger partial charge in [-0.1, -0.05) is 6.42 Å². The molecule has 0 aromatic heterocycles. The Bertz CT molecular complexity index is 277. The standard InChI is InChI=1S/C14H28N2O2/c1-14(2,13(17)18)8-5-6-9-16-10-7-12(11-16)15(3)4/h12H,5-11H2,1-4H3,(H,17,18). The van der Waals surface area contributed by atoms with Crippen LogP contribution in [0.1, 0.15) is 39.5 Å². The molecule has 106 valence electrons. The summed E-state index contributed by atoms with van der Waals surface area (Å²) in [5, 5.41) is 9.03. The topological polar surface area (TPSA) is 43.8 Å². The van der Waals surface area contributed by atoms with Gasteiger partial charge in [-0.15, -0.1) is 0 Å². The van der Waals surface area contributed by atoms with Gasteiger partial charge in [0.05, 0.1) is 5.41 Å². The highest BCUT2D eigenvalue weighted by molar-refractivity contribution is 5.73. The molecule has 1 aliphatic rings. The van der Waals surface area contributed by atoms with Crippen molar-refractivity contribution in [3.8, 4) is 0 Å². The molecule has 1 rings (SSSR count). The lowest BCUT2D eigenvalue weighted by Crippen LogP contribution is -2.32. The molecule has 0 aromatic carbocycles. The summed E-state index contributed by atoms with van der Waals surface area (Å²) < 4.78 is 0. The first-order valence-corrected chi connectivity index (χ1v) is 6.95. The Hall–Kier alpha value is -0.610. The molecule has 0 aromatic rings. The number of unbranched alkanes of at least 4 members (excludes halogenated alkanes) is 1. The van der Waals surface area contributed by atoms with E-state index in [2.05, 4.69) is 23.9 Å². The van der Waals surface area contributed by atoms with Gasteiger partial charge >= 0.3 is 5.97 Å². The highest BCUT2D eigenvalue weighted by atomic mass is 16.4. The molecule has 4 nitrogen and oxygen atoms in total. The molecule has 1 heterocycles. The predicted molar refractivity (Wildman–Crippen MR) is 73.8 cm³/mol. The number of aliphatic carboxylic acids is 1. The van der Waals surface area contributed by atoms with E-state index < -0.39 is 11.4 Å². The van der Waals surface area contributed by atoms with Gasteiger partial charge in [0.15, 0.2) is 0 Å². The van der Waals surface area contributed by atoms with Gasteiger partial charge in [-0.05, 0) is 60.3 Å². The summed E-state index contributed by atoms with van der Waals surface area (Å²) in [6.45, 7) is 7.08. The Labute approximate surface area is 111 Å². The van der Waals surface area contributed by atoms with E-state index >= 15 is 0 Å². The quantitative estimate of drug-likeness (QED) is 0.707. The average molecular weight is 256 g/mol. The van der Waals surface area contributed by atoms with Crippen LogP contribution in [0.4, 0.5) is 0 Å². The number of hydrogen-bond donors (Lipinski definition) is 1. The third-order valence-electron chi connectivity index (χ3n) is 4.08. The molecule has 0 bridgehead atoms. The minimum absolute atomic E-state index is 0.572. The van der Waals surface area contributed by atoms with Crippen LogP contribution in [0.5, 0.6) is 0 Å². The summed E-state index contributed by atoms with van der Waals surface area (Å²) in [5.41, 5.74) is -0.572. The van der Waals surface area contributed by atoms with Crippen molar-refractivity contribution >= 4 is 5.97 Å². The summed E-state index contributed by atoms with van der Waals surface area (Å²) >= 11 is 0. The van der Waals surface area contributed by atoms with Crippen LogP contribution in [-0.2, 0) is 4.79 Å². The highest BCUT2D eigenvalue weighted by Gasteiger charge is 2.27. The Morgan fingerprint density at radius 2 is 2.06 bits per heavy atom. The van der Waals surface area contributed by atoms with Crippen LogP contribution in [0, 0.1) is 5.41 Å². The molecular weight excluding hydrogens is 228 g/mol. The van der Waals surface area contributed by atoms with Crippen molar-refractivity contribution in [1.29, 1.82) is 0 Å². The SMILES string of the molecule is CN(C)C1CCN(CCCCC(C)(C)C(=O)O)C1. The van der Waals surface area contributed by atoms with Crippen molar-refractivity contribution in [2.75, 3.05) is 33.7 Å². The number of hydrogen-bond acceptors (Lipinski definition) is 3. The van der Waals surface area contributed by atoms with Gasteiger partial charge in [-0.2, -0.15) is 0 Å². The monoisotopic (exact) mass is 256 g/mol. The zero-order valence-corrected chi connectivity index (χ0v) is 12.3. The lowest BCUT2D eigenvalue weighted by atomic mass is 9.87. The van der Waals surface area contributed by atoms with E-state index in [1.165, 1.54) is 13.0 Å². The van der Waals surface area contributed by atoms with Gasteiger partial charge in [0.2, 0.25) is 0 Å². The lowest BCUT2D eigenvalue weighted by molar-refractivity contribution is -0.147. The van der Waals surface area contributed by atoms with E-state index in [1.54, 1.807) is 0 Å². The first kappa shape index (κ1) is 15.4. The van der Waals surface area contributed by atoms with Crippen molar-refractivity contribution in [2.24, 2.45) is 5.41 Å². The smallest absolute Gasteiger partial charge is 0.309 e. The van der Waals surface area contributed by atoms with E-state index in [-0.39, 0.29) is 0 Å². The van der Waals surface area contributed by atoms with Crippen LogP contribution in [-0.4, -0.2) is 60.6 Å². The van der Waals surface area contributed by atoms with Gasteiger partial charge < -0.3 is 14.9 Å². The van der Waals surface area contributed by atoms with Crippen LogP contribution in [0.3, 0.4) is 0 Å². The Morgan fingerprint density at radius 1 is 1.39 bits per heavy atom. The van der Waals surface area contributed by atoms with Crippen molar-refractivity contribution < 1.29 is 9.90 Å². The van der Waals surface area contributed by atoms with Crippen LogP contribution in [0.2, 0.25) is 0 Å². The third kappa shape index (κ3) is 4.58. The fourth-order valence-corrected chi connectivity index (χ4v) is 2.45. The maximum Gasteiger partial charge on any atom is 0.309 e. The Balaban J connectivity index is 2.14. The van der Waals surface area contributed by atoms with E-state index in [1.807, 2.05) is 13.8 Å². The van der Waals surface area contributed by atoms with Gasteiger partial charge in [0, 0.05) is 12.6 Å². The molecule has 1 N–H and O–H groups in total. The summed E-state index contributed by atoms with van der Waals surface area (Å²) in [7, 11) is 4.28. The molecule has 1 unspecified atom stereocenters. The first-order valence-electron chi connectivity index (χ1n) is 6.95. The lowest BCUT2D eigenvalue weighted by Gasteiger charge is -2.21. The second kappa shape index (κ2) is 6.53. The number of carboxylic acids is 1. The fraction of sp³-hybridized carbons (Fsp3) is 0.929. The van der Waals surface area contributed by atoms with E-state index in [9.17, 15) is 4.79 Å².